The molecule has 1 unspecified atom stereocenters. The number of fused-ring (bicyclic) bond motifs is 1. The number of carbonyl (C=O) groups is 2. The average molecular weight is 539 g/mol. The van der Waals surface area contributed by atoms with Crippen molar-refractivity contribution in [2.24, 2.45) is 0 Å². The molecule has 5 rings (SSSR count). The van der Waals surface area contributed by atoms with Gasteiger partial charge in [0.2, 0.25) is 0 Å². The van der Waals surface area contributed by atoms with Gasteiger partial charge in [0.05, 0.1) is 28.4 Å². The first-order valence-corrected chi connectivity index (χ1v) is 13.7. The first kappa shape index (κ1) is 26.4. The van der Waals surface area contributed by atoms with Crippen molar-refractivity contribution in [1.82, 2.24) is 4.98 Å². The Morgan fingerprint density at radius 1 is 1.08 bits per heavy atom. The van der Waals surface area contributed by atoms with E-state index >= 15 is 0 Å². The maximum Gasteiger partial charge on any atom is 0.296 e. The fourth-order valence-corrected chi connectivity index (χ4v) is 5.63. The van der Waals surface area contributed by atoms with E-state index in [1.165, 1.54) is 22.3 Å². The number of thiazole rings is 1. The molecule has 0 fully saturated rings. The number of ketones is 1. The van der Waals surface area contributed by atoms with E-state index in [-0.39, 0.29) is 11.0 Å². The van der Waals surface area contributed by atoms with Crippen LogP contribution in [0.2, 0.25) is 0 Å². The monoisotopic (exact) mass is 538 g/mol. The van der Waals surface area contributed by atoms with Gasteiger partial charge in [0.15, 0.2) is 16.7 Å². The number of allylic oxidation sites excluding steroid dienone is 1. The molecule has 0 radical (unpaired) electrons. The molecule has 1 amide bonds. The van der Waals surface area contributed by atoms with Crippen LogP contribution in [0.4, 0.5) is 5.13 Å². The fourth-order valence-electron chi connectivity index (χ4n) is 4.61. The van der Waals surface area contributed by atoms with E-state index in [2.05, 4.69) is 20.8 Å². The molecule has 1 atom stereocenters. The second-order valence-corrected chi connectivity index (χ2v) is 11.4. The summed E-state index contributed by atoms with van der Waals surface area (Å²) >= 11 is 1.32. The lowest BCUT2D eigenvalue weighted by Gasteiger charge is -2.25. The Balaban J connectivity index is 1.59. The SMILES string of the molecule is CCOc1ccc2nc(N3C(=O)C(O)=C(C(=O)C=Cc4ccccc4)C3c3ccc(C(C)(C)C)cc3)sc2c1. The third-order valence-corrected chi connectivity index (χ3v) is 7.68. The molecular weight excluding hydrogens is 508 g/mol. The van der Waals surface area contributed by atoms with Crippen molar-refractivity contribution in [2.45, 2.75) is 39.2 Å². The molecule has 0 bridgehead atoms. The van der Waals surface area contributed by atoms with Crippen LogP contribution in [-0.2, 0) is 15.0 Å². The van der Waals surface area contributed by atoms with E-state index < -0.39 is 23.5 Å². The molecule has 0 saturated heterocycles. The van der Waals surface area contributed by atoms with Gasteiger partial charge in [-0.3, -0.25) is 14.5 Å². The number of ether oxygens (including phenoxy) is 1. The summed E-state index contributed by atoms with van der Waals surface area (Å²) < 4.78 is 6.47. The zero-order chi connectivity index (χ0) is 27.7. The summed E-state index contributed by atoms with van der Waals surface area (Å²) in [5.41, 5.74) is 3.35. The molecule has 1 aromatic heterocycles. The first-order valence-electron chi connectivity index (χ1n) is 12.9. The number of nitrogens with zero attached hydrogens (tertiary/aromatic N) is 2. The van der Waals surface area contributed by atoms with Gasteiger partial charge < -0.3 is 9.84 Å². The highest BCUT2D eigenvalue weighted by Crippen LogP contribution is 2.44. The third-order valence-electron chi connectivity index (χ3n) is 6.66. The average Bonchev–Trinajstić information content (AvgIpc) is 3.45. The van der Waals surface area contributed by atoms with Gasteiger partial charge in [-0.25, -0.2) is 4.98 Å². The van der Waals surface area contributed by atoms with Gasteiger partial charge in [-0.2, -0.15) is 0 Å². The summed E-state index contributed by atoms with van der Waals surface area (Å²) in [4.78, 5) is 33.2. The van der Waals surface area contributed by atoms with Crippen LogP contribution < -0.4 is 9.64 Å². The Hall–Kier alpha value is -4.23. The predicted octanol–water partition coefficient (Wildman–Crippen LogP) is 7.18. The van der Waals surface area contributed by atoms with Gasteiger partial charge in [-0.1, -0.05) is 92.8 Å². The zero-order valence-corrected chi connectivity index (χ0v) is 23.2. The molecule has 0 aliphatic carbocycles. The van der Waals surface area contributed by atoms with E-state index in [1.54, 1.807) is 6.08 Å². The first-order chi connectivity index (χ1) is 18.7. The molecule has 1 N–H and O–H groups in total. The van der Waals surface area contributed by atoms with Crippen LogP contribution in [0.25, 0.3) is 16.3 Å². The van der Waals surface area contributed by atoms with Crippen molar-refractivity contribution in [2.75, 3.05) is 11.5 Å². The van der Waals surface area contributed by atoms with Crippen LogP contribution in [0.15, 0.2) is 90.2 Å². The van der Waals surface area contributed by atoms with Crippen molar-refractivity contribution in [1.29, 1.82) is 0 Å². The van der Waals surface area contributed by atoms with Crippen LogP contribution in [0.5, 0.6) is 5.75 Å². The number of aromatic nitrogens is 1. The van der Waals surface area contributed by atoms with E-state index in [0.717, 1.165) is 15.8 Å². The van der Waals surface area contributed by atoms with Gasteiger partial charge in [0.1, 0.15) is 5.75 Å². The Bertz CT molecular complexity index is 1590. The van der Waals surface area contributed by atoms with E-state index in [0.29, 0.717) is 28.6 Å². The van der Waals surface area contributed by atoms with Gasteiger partial charge >= 0.3 is 0 Å². The quantitative estimate of drug-likeness (QED) is 0.252. The summed E-state index contributed by atoms with van der Waals surface area (Å²) in [5.74, 6) is -0.931. The van der Waals surface area contributed by atoms with Crippen molar-refractivity contribution >= 4 is 44.5 Å². The van der Waals surface area contributed by atoms with Crippen molar-refractivity contribution in [3.05, 3.63) is 107 Å². The van der Waals surface area contributed by atoms with Crippen molar-refractivity contribution < 1.29 is 19.4 Å². The smallest absolute Gasteiger partial charge is 0.296 e. The second kappa shape index (κ2) is 10.5. The molecule has 7 heteroatoms. The molecule has 3 aromatic carbocycles. The number of rotatable bonds is 7. The molecule has 1 aliphatic rings. The summed E-state index contributed by atoms with van der Waals surface area (Å²) in [6, 6.07) is 22.0. The summed E-state index contributed by atoms with van der Waals surface area (Å²) in [6.07, 6.45) is 3.09. The highest BCUT2D eigenvalue weighted by Gasteiger charge is 2.45. The Morgan fingerprint density at radius 3 is 2.46 bits per heavy atom. The minimum Gasteiger partial charge on any atom is -0.503 e. The van der Waals surface area contributed by atoms with Crippen molar-refractivity contribution in [3.8, 4) is 5.75 Å². The van der Waals surface area contributed by atoms with E-state index in [1.807, 2.05) is 79.7 Å². The number of hydrogen-bond acceptors (Lipinski definition) is 6. The standard InChI is InChI=1S/C32H30N2O4S/c1-5-38-23-16-17-24-26(19-23)39-31(33-24)34-28(21-12-14-22(15-13-21)32(2,3)4)27(29(36)30(34)37)25(35)18-11-20-9-7-6-8-10-20/h6-19,28,36H,5H2,1-4H3. The molecule has 2 heterocycles. The number of anilines is 1. The lowest BCUT2D eigenvalue weighted by atomic mass is 9.85. The van der Waals surface area contributed by atoms with Crippen LogP contribution in [0, 0.1) is 0 Å². The van der Waals surface area contributed by atoms with Gasteiger partial charge in [0, 0.05) is 0 Å². The van der Waals surface area contributed by atoms with Crippen LogP contribution >= 0.6 is 11.3 Å². The minimum absolute atomic E-state index is 0.0324. The zero-order valence-electron chi connectivity index (χ0n) is 22.3. The number of amides is 1. The Morgan fingerprint density at radius 2 is 1.79 bits per heavy atom. The highest BCUT2D eigenvalue weighted by atomic mass is 32.1. The second-order valence-electron chi connectivity index (χ2n) is 10.4. The number of benzene rings is 3. The van der Waals surface area contributed by atoms with Gasteiger partial charge in [0.25, 0.3) is 5.91 Å². The van der Waals surface area contributed by atoms with Gasteiger partial charge in [-0.05, 0) is 53.3 Å². The molecule has 4 aromatic rings. The molecule has 0 saturated carbocycles. The van der Waals surface area contributed by atoms with E-state index in [4.69, 9.17) is 9.72 Å². The molecule has 39 heavy (non-hydrogen) atoms. The maximum absolute atomic E-state index is 13.5. The summed E-state index contributed by atoms with van der Waals surface area (Å²) in [6.45, 7) is 8.83. The Labute approximate surface area is 231 Å². The number of aliphatic hydroxyl groups is 1. The number of hydrogen-bond donors (Lipinski definition) is 1. The molecule has 0 spiro atoms. The van der Waals surface area contributed by atoms with Crippen molar-refractivity contribution in [3.63, 3.8) is 0 Å². The molecular formula is C32H30N2O4S. The summed E-state index contributed by atoms with van der Waals surface area (Å²) in [7, 11) is 0. The maximum atomic E-state index is 13.5. The van der Waals surface area contributed by atoms with E-state index in [9.17, 15) is 14.7 Å². The van der Waals surface area contributed by atoms with Gasteiger partial charge in [-0.15, -0.1) is 0 Å². The molecule has 6 nitrogen and oxygen atoms in total. The predicted molar refractivity (Wildman–Crippen MR) is 156 cm³/mol. The minimum atomic E-state index is -0.827. The largest absolute Gasteiger partial charge is 0.503 e. The normalized spacial score (nSPS) is 16.1. The van der Waals surface area contributed by atoms with Crippen LogP contribution in [0.1, 0.15) is 50.4 Å². The lowest BCUT2D eigenvalue weighted by molar-refractivity contribution is -0.117. The molecule has 1 aliphatic heterocycles. The summed E-state index contributed by atoms with van der Waals surface area (Å²) in [5, 5.41) is 11.4. The Kier molecular flexibility index (Phi) is 7.10. The topological polar surface area (TPSA) is 79.7 Å². The lowest BCUT2D eigenvalue weighted by Crippen LogP contribution is -2.30. The molecule has 198 valence electrons. The highest BCUT2D eigenvalue weighted by molar-refractivity contribution is 7.22. The fraction of sp³-hybridized carbons (Fsp3) is 0.219. The third kappa shape index (κ3) is 5.22. The van der Waals surface area contributed by atoms with Crippen LogP contribution in [0.3, 0.4) is 0 Å². The number of aliphatic hydroxyl groups excluding tert-OH is 1. The number of carbonyl (C=O) groups excluding carboxylic acids is 2. The van der Waals surface area contributed by atoms with Crippen LogP contribution in [-0.4, -0.2) is 28.4 Å².